The van der Waals surface area contributed by atoms with Crippen LogP contribution in [0, 0.1) is 0 Å². The minimum atomic E-state index is -3.77. The third-order valence-electron chi connectivity index (χ3n) is 3.08. The van der Waals surface area contributed by atoms with Crippen LogP contribution >= 0.6 is 0 Å². The molecule has 4 N–H and O–H groups in total. The van der Waals surface area contributed by atoms with Crippen LogP contribution in [-0.4, -0.2) is 42.2 Å². The van der Waals surface area contributed by atoms with Crippen LogP contribution in [0.15, 0.2) is 47.1 Å². The Balaban J connectivity index is 2.19. The second-order valence-corrected chi connectivity index (χ2v) is 6.65. The van der Waals surface area contributed by atoms with Crippen molar-refractivity contribution in [3.8, 4) is 0 Å². The summed E-state index contributed by atoms with van der Waals surface area (Å²) in [4.78, 5) is 1.49. The van der Waals surface area contributed by atoms with Crippen LogP contribution in [0.4, 0.5) is 0 Å². The molecule has 116 valence electrons. The number of hydrogen-bond donors (Lipinski definition) is 4. The van der Waals surface area contributed by atoms with Gasteiger partial charge in [0.25, 0.3) is 10.0 Å². The molecule has 1 heterocycles. The Kier molecular flexibility index (Phi) is 4.52. The van der Waals surface area contributed by atoms with Crippen LogP contribution in [0.1, 0.15) is 13.8 Å². The van der Waals surface area contributed by atoms with E-state index in [0.29, 0.717) is 0 Å². The fourth-order valence-electron chi connectivity index (χ4n) is 2.10. The molecule has 7 nitrogen and oxygen atoms in total. The first kappa shape index (κ1) is 15.8. The molecule has 0 aliphatic carbocycles. The Morgan fingerprint density at radius 1 is 1.24 bits per heavy atom. The van der Waals surface area contributed by atoms with Crippen molar-refractivity contribution in [1.82, 2.24) is 14.9 Å². The van der Waals surface area contributed by atoms with E-state index in [1.807, 2.05) is 0 Å². The molecule has 0 aromatic heterocycles. The standard InChI is InChI=1S/C13H19N3O4S/c1-9(2)16-12(17)8-11(14-13(16)18)15-21(19,20)10-6-4-3-5-7-10/h3-9,12-15,17-18H,1-2H3. The van der Waals surface area contributed by atoms with Gasteiger partial charge in [-0.05, 0) is 26.0 Å². The maximum absolute atomic E-state index is 12.2. The molecular weight excluding hydrogens is 294 g/mol. The van der Waals surface area contributed by atoms with E-state index in [1.165, 1.54) is 23.1 Å². The fraction of sp³-hybridized carbons (Fsp3) is 0.385. The van der Waals surface area contributed by atoms with Crippen molar-refractivity contribution in [2.24, 2.45) is 0 Å². The number of benzene rings is 1. The predicted molar refractivity (Wildman–Crippen MR) is 77.0 cm³/mol. The van der Waals surface area contributed by atoms with Crippen LogP contribution < -0.4 is 10.0 Å². The minimum absolute atomic E-state index is 0.0377. The maximum atomic E-state index is 12.2. The van der Waals surface area contributed by atoms with E-state index in [2.05, 4.69) is 10.0 Å². The Labute approximate surface area is 123 Å². The minimum Gasteiger partial charge on any atom is -0.374 e. The molecule has 2 unspecified atom stereocenters. The van der Waals surface area contributed by atoms with E-state index < -0.39 is 22.6 Å². The third kappa shape index (κ3) is 3.53. The van der Waals surface area contributed by atoms with Gasteiger partial charge in [0.2, 0.25) is 0 Å². The summed E-state index contributed by atoms with van der Waals surface area (Å²) in [5.41, 5.74) is 0. The monoisotopic (exact) mass is 313 g/mol. The van der Waals surface area contributed by atoms with Gasteiger partial charge in [-0.1, -0.05) is 18.2 Å². The summed E-state index contributed by atoms with van der Waals surface area (Å²) >= 11 is 0. The van der Waals surface area contributed by atoms with Gasteiger partial charge in [-0.25, -0.2) is 13.3 Å². The van der Waals surface area contributed by atoms with Crippen molar-refractivity contribution in [2.75, 3.05) is 0 Å². The molecule has 0 bridgehead atoms. The van der Waals surface area contributed by atoms with E-state index in [9.17, 15) is 18.6 Å². The highest BCUT2D eigenvalue weighted by molar-refractivity contribution is 7.89. The lowest BCUT2D eigenvalue weighted by molar-refractivity contribution is -0.119. The van der Waals surface area contributed by atoms with Gasteiger partial charge in [0.1, 0.15) is 12.0 Å². The number of aliphatic hydroxyl groups excluding tert-OH is 2. The second kappa shape index (κ2) is 6.02. The lowest BCUT2D eigenvalue weighted by Gasteiger charge is -2.38. The lowest BCUT2D eigenvalue weighted by Crippen LogP contribution is -2.58. The molecule has 8 heteroatoms. The maximum Gasteiger partial charge on any atom is 0.262 e. The molecule has 1 aliphatic heterocycles. The van der Waals surface area contributed by atoms with Gasteiger partial charge in [0.15, 0.2) is 6.35 Å². The number of rotatable bonds is 4. The van der Waals surface area contributed by atoms with Gasteiger partial charge in [-0.2, -0.15) is 0 Å². The van der Waals surface area contributed by atoms with E-state index in [4.69, 9.17) is 0 Å². The number of hydrogen-bond acceptors (Lipinski definition) is 6. The molecule has 1 aromatic rings. The number of aliphatic hydroxyl groups is 2. The Bertz CT molecular complexity index is 616. The molecule has 1 aromatic carbocycles. The van der Waals surface area contributed by atoms with Gasteiger partial charge in [-0.15, -0.1) is 0 Å². The lowest BCUT2D eigenvalue weighted by atomic mass is 10.2. The van der Waals surface area contributed by atoms with Gasteiger partial charge < -0.3 is 15.5 Å². The van der Waals surface area contributed by atoms with Gasteiger partial charge in [0.05, 0.1) is 4.90 Å². The van der Waals surface area contributed by atoms with Gasteiger partial charge in [-0.3, -0.25) is 4.72 Å². The summed E-state index contributed by atoms with van der Waals surface area (Å²) in [5.74, 6) is 0.0377. The van der Waals surface area contributed by atoms with Crippen molar-refractivity contribution >= 4 is 10.0 Å². The molecule has 0 fully saturated rings. The molecule has 2 rings (SSSR count). The second-order valence-electron chi connectivity index (χ2n) is 4.97. The molecule has 0 saturated heterocycles. The summed E-state index contributed by atoms with van der Waals surface area (Å²) in [6.07, 6.45) is -0.971. The van der Waals surface area contributed by atoms with Crippen molar-refractivity contribution < 1.29 is 18.6 Å². The Morgan fingerprint density at radius 3 is 2.38 bits per heavy atom. The molecule has 0 saturated carbocycles. The molecule has 1 aliphatic rings. The summed E-state index contributed by atoms with van der Waals surface area (Å²) in [7, 11) is -3.77. The van der Waals surface area contributed by atoms with Crippen molar-refractivity contribution in [2.45, 2.75) is 37.4 Å². The molecule has 0 spiro atoms. The third-order valence-corrected chi connectivity index (χ3v) is 4.46. The van der Waals surface area contributed by atoms with Crippen LogP contribution in [0.3, 0.4) is 0 Å². The normalized spacial score (nSPS) is 23.6. The molecule has 21 heavy (non-hydrogen) atoms. The van der Waals surface area contributed by atoms with E-state index in [1.54, 1.807) is 32.0 Å². The quantitative estimate of drug-likeness (QED) is 0.609. The number of nitrogens with one attached hydrogen (secondary N) is 2. The molecule has 0 radical (unpaired) electrons. The zero-order chi connectivity index (χ0) is 15.6. The van der Waals surface area contributed by atoms with Crippen molar-refractivity contribution in [1.29, 1.82) is 0 Å². The summed E-state index contributed by atoms with van der Waals surface area (Å²) in [6.45, 7) is 3.61. The Morgan fingerprint density at radius 2 is 1.86 bits per heavy atom. The summed E-state index contributed by atoms with van der Waals surface area (Å²) in [6, 6.07) is 7.73. The fourth-order valence-corrected chi connectivity index (χ4v) is 3.15. The highest BCUT2D eigenvalue weighted by Crippen LogP contribution is 2.15. The van der Waals surface area contributed by atoms with Crippen LogP contribution in [0.5, 0.6) is 0 Å². The molecular formula is C13H19N3O4S. The average Bonchev–Trinajstić information content (AvgIpc) is 2.37. The van der Waals surface area contributed by atoms with Gasteiger partial charge >= 0.3 is 0 Å². The van der Waals surface area contributed by atoms with E-state index in [0.717, 1.165) is 0 Å². The van der Waals surface area contributed by atoms with Gasteiger partial charge in [0, 0.05) is 12.1 Å². The Hall–Kier alpha value is -1.61. The number of nitrogens with zero attached hydrogens (tertiary/aromatic N) is 1. The zero-order valence-electron chi connectivity index (χ0n) is 11.8. The SMILES string of the molecule is CC(C)N1C(O)C=C(NS(=O)(=O)c2ccccc2)NC1O. The van der Waals surface area contributed by atoms with Crippen molar-refractivity contribution in [3.05, 3.63) is 42.2 Å². The highest BCUT2D eigenvalue weighted by Gasteiger charge is 2.31. The first-order valence-electron chi connectivity index (χ1n) is 6.51. The molecule has 0 amide bonds. The summed E-state index contributed by atoms with van der Waals surface area (Å²) < 4.78 is 26.6. The van der Waals surface area contributed by atoms with Crippen LogP contribution in [0.2, 0.25) is 0 Å². The predicted octanol–water partition coefficient (Wildman–Crippen LogP) is -0.286. The zero-order valence-corrected chi connectivity index (χ0v) is 12.6. The first-order chi connectivity index (χ1) is 9.81. The van der Waals surface area contributed by atoms with Crippen molar-refractivity contribution in [3.63, 3.8) is 0 Å². The van der Waals surface area contributed by atoms with Crippen LogP contribution in [-0.2, 0) is 10.0 Å². The highest BCUT2D eigenvalue weighted by atomic mass is 32.2. The van der Waals surface area contributed by atoms with E-state index in [-0.39, 0.29) is 16.8 Å². The number of sulfonamides is 1. The van der Waals surface area contributed by atoms with Crippen LogP contribution in [0.25, 0.3) is 0 Å². The topological polar surface area (TPSA) is 102 Å². The first-order valence-corrected chi connectivity index (χ1v) is 7.99. The summed E-state index contributed by atoms with van der Waals surface area (Å²) in [5, 5.41) is 22.5. The molecule has 2 atom stereocenters. The smallest absolute Gasteiger partial charge is 0.262 e. The largest absolute Gasteiger partial charge is 0.374 e. The van der Waals surface area contributed by atoms with E-state index >= 15 is 0 Å². The average molecular weight is 313 g/mol.